The Morgan fingerprint density at radius 2 is 1.93 bits per heavy atom. The number of urea groups is 1. The summed E-state index contributed by atoms with van der Waals surface area (Å²) in [5.41, 5.74) is 1.43. The van der Waals surface area contributed by atoms with E-state index in [0.29, 0.717) is 16.8 Å². The summed E-state index contributed by atoms with van der Waals surface area (Å²) in [7, 11) is 0. The van der Waals surface area contributed by atoms with Gasteiger partial charge < -0.3 is 10.6 Å². The van der Waals surface area contributed by atoms with E-state index in [0.717, 1.165) is 23.3 Å². The smallest absolute Gasteiger partial charge is 0.324 e. The second-order valence-electron chi connectivity index (χ2n) is 7.13. The van der Waals surface area contributed by atoms with Gasteiger partial charge in [0, 0.05) is 5.69 Å². The Bertz CT molecular complexity index is 994. The maximum atomic E-state index is 13.0. The maximum absolute atomic E-state index is 13.0. The molecule has 0 saturated carbocycles. The van der Waals surface area contributed by atoms with E-state index < -0.39 is 29.9 Å². The van der Waals surface area contributed by atoms with Crippen molar-refractivity contribution in [3.05, 3.63) is 65.2 Å². The van der Waals surface area contributed by atoms with E-state index in [4.69, 9.17) is 5.26 Å². The number of nitrogens with one attached hydrogen (secondary N) is 2. The Morgan fingerprint density at radius 3 is 2.59 bits per heavy atom. The predicted molar refractivity (Wildman–Crippen MR) is 108 cm³/mol. The molecule has 0 spiro atoms. The van der Waals surface area contributed by atoms with Gasteiger partial charge in [-0.2, -0.15) is 5.26 Å². The highest BCUT2D eigenvalue weighted by Gasteiger charge is 2.49. The number of carbonyl (C=O) groups excluding carboxylic acids is 3. The van der Waals surface area contributed by atoms with E-state index in [-0.39, 0.29) is 0 Å². The Balaban J connectivity index is 1.72. The predicted octanol–water partition coefficient (Wildman–Crippen LogP) is 2.92. The fraction of sp³-hybridized carbons (Fsp3) is 0.273. The van der Waals surface area contributed by atoms with E-state index in [1.165, 1.54) is 6.07 Å². The SMILES string of the molecule is CCCc1ccc([C@]2(C)NC(=O)N(CC(=O)Nc3cccc(C#N)c3)C2=O)cc1. The first-order chi connectivity index (χ1) is 13.9. The number of nitriles is 1. The third-order valence-electron chi connectivity index (χ3n) is 4.92. The summed E-state index contributed by atoms with van der Waals surface area (Å²) in [5.74, 6) is -1.00. The lowest BCUT2D eigenvalue weighted by Gasteiger charge is -2.22. The van der Waals surface area contributed by atoms with Crippen molar-refractivity contribution < 1.29 is 14.4 Å². The number of carbonyl (C=O) groups is 3. The van der Waals surface area contributed by atoms with E-state index in [1.807, 2.05) is 30.3 Å². The number of nitrogens with zero attached hydrogens (tertiary/aromatic N) is 2. The van der Waals surface area contributed by atoms with Gasteiger partial charge in [-0.1, -0.05) is 43.7 Å². The van der Waals surface area contributed by atoms with Gasteiger partial charge in [-0.25, -0.2) is 4.79 Å². The molecule has 1 saturated heterocycles. The molecule has 148 valence electrons. The van der Waals surface area contributed by atoms with Crippen LogP contribution in [0.4, 0.5) is 10.5 Å². The molecule has 0 radical (unpaired) electrons. The maximum Gasteiger partial charge on any atom is 0.325 e. The summed E-state index contributed by atoms with van der Waals surface area (Å²) < 4.78 is 0. The summed E-state index contributed by atoms with van der Waals surface area (Å²) in [4.78, 5) is 38.6. The van der Waals surface area contributed by atoms with Crippen molar-refractivity contribution >= 4 is 23.5 Å². The third-order valence-corrected chi connectivity index (χ3v) is 4.92. The summed E-state index contributed by atoms with van der Waals surface area (Å²) >= 11 is 0. The van der Waals surface area contributed by atoms with Crippen molar-refractivity contribution in [1.82, 2.24) is 10.2 Å². The van der Waals surface area contributed by atoms with Crippen LogP contribution in [0, 0.1) is 11.3 Å². The van der Waals surface area contributed by atoms with Crippen LogP contribution < -0.4 is 10.6 Å². The first-order valence-corrected chi connectivity index (χ1v) is 9.41. The zero-order valence-corrected chi connectivity index (χ0v) is 16.4. The number of aryl methyl sites for hydroxylation is 1. The summed E-state index contributed by atoms with van der Waals surface area (Å²) in [5, 5.41) is 14.2. The van der Waals surface area contributed by atoms with Crippen LogP contribution in [0.2, 0.25) is 0 Å². The standard InChI is InChI=1S/C22H22N4O3/c1-3-5-15-8-10-17(11-9-15)22(2)20(28)26(21(29)25-22)14-19(27)24-18-7-4-6-16(12-18)13-23/h4,6-12H,3,5,14H2,1-2H3,(H,24,27)(H,25,29)/t22-/m0/s1. The van der Waals surface area contributed by atoms with Gasteiger partial charge >= 0.3 is 6.03 Å². The van der Waals surface area contributed by atoms with E-state index in [2.05, 4.69) is 17.6 Å². The van der Waals surface area contributed by atoms with Crippen molar-refractivity contribution in [1.29, 1.82) is 5.26 Å². The topological polar surface area (TPSA) is 102 Å². The third kappa shape index (κ3) is 4.11. The Morgan fingerprint density at radius 1 is 1.21 bits per heavy atom. The first kappa shape index (κ1) is 20.1. The zero-order chi connectivity index (χ0) is 21.0. The summed E-state index contributed by atoms with van der Waals surface area (Å²) in [6.07, 6.45) is 1.96. The lowest BCUT2D eigenvalue weighted by molar-refractivity contribution is -0.133. The normalized spacial score (nSPS) is 18.3. The highest BCUT2D eigenvalue weighted by molar-refractivity contribution is 6.10. The van der Waals surface area contributed by atoms with E-state index in [9.17, 15) is 14.4 Å². The molecule has 1 aliphatic rings. The molecule has 2 aromatic rings. The number of anilines is 1. The second kappa shape index (κ2) is 8.15. The molecule has 0 aliphatic carbocycles. The highest BCUT2D eigenvalue weighted by atomic mass is 16.2. The van der Waals surface area contributed by atoms with E-state index in [1.54, 1.807) is 25.1 Å². The second-order valence-corrected chi connectivity index (χ2v) is 7.13. The number of hydrogen-bond donors (Lipinski definition) is 2. The van der Waals surface area contributed by atoms with Crippen molar-refractivity contribution in [2.24, 2.45) is 0 Å². The molecule has 1 heterocycles. The molecule has 2 N–H and O–H groups in total. The lowest BCUT2D eigenvalue weighted by atomic mass is 9.91. The molecular formula is C22H22N4O3. The minimum absolute atomic E-state index is 0.400. The lowest BCUT2D eigenvalue weighted by Crippen LogP contribution is -2.42. The van der Waals surface area contributed by atoms with Crippen molar-refractivity contribution in [2.45, 2.75) is 32.2 Å². The molecular weight excluding hydrogens is 368 g/mol. The largest absolute Gasteiger partial charge is 0.325 e. The van der Waals surface area contributed by atoms with Crippen LogP contribution >= 0.6 is 0 Å². The van der Waals surface area contributed by atoms with Gasteiger partial charge in [0.1, 0.15) is 12.1 Å². The fourth-order valence-corrected chi connectivity index (χ4v) is 3.34. The van der Waals surface area contributed by atoms with Crippen LogP contribution in [0.5, 0.6) is 0 Å². The van der Waals surface area contributed by atoms with Gasteiger partial charge in [-0.15, -0.1) is 0 Å². The molecule has 1 atom stereocenters. The Kier molecular flexibility index (Phi) is 5.64. The number of imide groups is 1. The van der Waals surface area contributed by atoms with Crippen LogP contribution in [0.15, 0.2) is 48.5 Å². The summed E-state index contributed by atoms with van der Waals surface area (Å²) in [6.45, 7) is 3.32. The van der Waals surface area contributed by atoms with Crippen molar-refractivity contribution in [2.75, 3.05) is 11.9 Å². The van der Waals surface area contributed by atoms with Gasteiger partial charge in [0.15, 0.2) is 0 Å². The van der Waals surface area contributed by atoms with Crippen LogP contribution in [0.3, 0.4) is 0 Å². The van der Waals surface area contributed by atoms with Crippen LogP contribution in [0.1, 0.15) is 37.0 Å². The molecule has 7 heteroatoms. The molecule has 0 unspecified atom stereocenters. The van der Waals surface area contributed by atoms with Gasteiger partial charge in [0.2, 0.25) is 5.91 Å². The molecule has 29 heavy (non-hydrogen) atoms. The van der Waals surface area contributed by atoms with Gasteiger partial charge in [0.05, 0.1) is 11.6 Å². The molecule has 3 rings (SSSR count). The van der Waals surface area contributed by atoms with E-state index >= 15 is 0 Å². The van der Waals surface area contributed by atoms with Gasteiger partial charge in [-0.05, 0) is 42.7 Å². The fourth-order valence-electron chi connectivity index (χ4n) is 3.34. The van der Waals surface area contributed by atoms with Crippen molar-refractivity contribution in [3.63, 3.8) is 0 Å². The number of rotatable bonds is 6. The average Bonchev–Trinajstić information content (AvgIpc) is 2.93. The first-order valence-electron chi connectivity index (χ1n) is 9.41. The van der Waals surface area contributed by atoms with Crippen LogP contribution in [-0.4, -0.2) is 29.3 Å². The molecule has 0 bridgehead atoms. The molecule has 7 nitrogen and oxygen atoms in total. The number of amides is 4. The Labute approximate surface area is 169 Å². The number of benzene rings is 2. The minimum Gasteiger partial charge on any atom is -0.324 e. The van der Waals surface area contributed by atoms with Gasteiger partial charge in [0.25, 0.3) is 5.91 Å². The molecule has 0 aromatic heterocycles. The van der Waals surface area contributed by atoms with Crippen molar-refractivity contribution in [3.8, 4) is 6.07 Å². The molecule has 2 aromatic carbocycles. The Hall–Kier alpha value is -3.66. The average molecular weight is 390 g/mol. The zero-order valence-electron chi connectivity index (χ0n) is 16.4. The van der Waals surface area contributed by atoms with Gasteiger partial charge in [-0.3, -0.25) is 14.5 Å². The molecule has 1 fully saturated rings. The molecule has 4 amide bonds. The minimum atomic E-state index is -1.22. The quantitative estimate of drug-likeness (QED) is 0.740. The number of hydrogen-bond acceptors (Lipinski definition) is 4. The summed E-state index contributed by atoms with van der Waals surface area (Å²) in [6, 6.07) is 15.3. The monoisotopic (exact) mass is 390 g/mol. The highest BCUT2D eigenvalue weighted by Crippen LogP contribution is 2.29. The van der Waals surface area contributed by atoms with Crippen LogP contribution in [0.25, 0.3) is 0 Å². The van der Waals surface area contributed by atoms with Crippen LogP contribution in [-0.2, 0) is 21.5 Å². The molecule has 1 aliphatic heterocycles.